The van der Waals surface area contributed by atoms with Gasteiger partial charge in [-0.05, 0) is 47.8 Å². The number of fused-ring (bicyclic) bond motifs is 1. The molecule has 3 nitrogen and oxygen atoms in total. The van der Waals surface area contributed by atoms with E-state index < -0.39 is 0 Å². The van der Waals surface area contributed by atoms with Gasteiger partial charge in [0, 0.05) is 5.39 Å². The second-order valence-electron chi connectivity index (χ2n) is 8.62. The minimum Gasteiger partial charge on any atom is -0.505 e. The van der Waals surface area contributed by atoms with Gasteiger partial charge in [-0.25, -0.2) is 4.98 Å². The fourth-order valence-corrected chi connectivity index (χ4v) is 3.55. The zero-order valence-corrected chi connectivity index (χ0v) is 15.9. The maximum atomic E-state index is 10.5. The van der Waals surface area contributed by atoms with Crippen LogP contribution in [0.4, 0.5) is 0 Å². The van der Waals surface area contributed by atoms with E-state index in [0.29, 0.717) is 16.6 Å². The summed E-state index contributed by atoms with van der Waals surface area (Å²) in [6.07, 6.45) is 7.22. The molecule has 0 spiro atoms. The van der Waals surface area contributed by atoms with Crippen molar-refractivity contribution in [2.45, 2.75) is 53.9 Å². The van der Waals surface area contributed by atoms with Crippen LogP contribution in [0.3, 0.4) is 0 Å². The highest BCUT2D eigenvalue weighted by Gasteiger charge is 2.22. The van der Waals surface area contributed by atoms with Crippen LogP contribution in [0.5, 0.6) is 5.75 Å². The lowest BCUT2D eigenvalue weighted by Crippen LogP contribution is -2.18. The van der Waals surface area contributed by atoms with Crippen molar-refractivity contribution in [3.05, 3.63) is 47.7 Å². The third-order valence-electron chi connectivity index (χ3n) is 4.17. The van der Waals surface area contributed by atoms with Gasteiger partial charge < -0.3 is 5.11 Å². The summed E-state index contributed by atoms with van der Waals surface area (Å²) < 4.78 is 0. The predicted octanol–water partition coefficient (Wildman–Crippen LogP) is 5.76. The number of rotatable bonds is 5. The first-order valence-corrected chi connectivity index (χ1v) is 8.81. The number of pyridine rings is 1. The summed E-state index contributed by atoms with van der Waals surface area (Å²) >= 11 is 0. The first-order valence-electron chi connectivity index (χ1n) is 8.81. The number of nitrogens with zero attached hydrogens (tertiary/aromatic N) is 2. The third-order valence-corrected chi connectivity index (χ3v) is 4.17. The van der Waals surface area contributed by atoms with Crippen LogP contribution in [0.2, 0.25) is 0 Å². The number of aromatic nitrogens is 1. The molecule has 3 heteroatoms. The molecule has 0 bridgehead atoms. The molecule has 0 unspecified atom stereocenters. The van der Waals surface area contributed by atoms with Crippen molar-refractivity contribution in [1.82, 2.24) is 4.98 Å². The number of allylic oxidation sites excluding steroid dienone is 2. The van der Waals surface area contributed by atoms with Gasteiger partial charge in [0.2, 0.25) is 0 Å². The normalized spacial score (nSPS) is 12.6. The van der Waals surface area contributed by atoms with E-state index in [9.17, 15) is 5.11 Å². The van der Waals surface area contributed by atoms with E-state index in [4.69, 9.17) is 5.26 Å². The maximum absolute atomic E-state index is 10.5. The lowest BCUT2D eigenvalue weighted by atomic mass is 9.76. The second kappa shape index (κ2) is 7.27. The molecule has 0 aliphatic rings. The molecule has 2 aromatic rings. The molecule has 0 radical (unpaired) electrons. The highest BCUT2D eigenvalue weighted by atomic mass is 16.3. The van der Waals surface area contributed by atoms with E-state index in [-0.39, 0.29) is 11.2 Å². The Morgan fingerprint density at radius 1 is 1.12 bits per heavy atom. The van der Waals surface area contributed by atoms with E-state index >= 15 is 0 Å². The zero-order chi connectivity index (χ0) is 18.7. The van der Waals surface area contributed by atoms with E-state index in [0.717, 1.165) is 30.2 Å². The van der Waals surface area contributed by atoms with Crippen LogP contribution < -0.4 is 0 Å². The molecule has 1 heterocycles. The Balaban J connectivity index is 2.10. The lowest BCUT2D eigenvalue weighted by Gasteiger charge is -2.29. The molecule has 1 aromatic carbocycles. The predicted molar refractivity (Wildman–Crippen MR) is 103 cm³/mol. The van der Waals surface area contributed by atoms with E-state index in [1.54, 1.807) is 6.07 Å². The van der Waals surface area contributed by atoms with Crippen LogP contribution in [0.15, 0.2) is 36.4 Å². The van der Waals surface area contributed by atoms with E-state index in [1.807, 2.05) is 24.3 Å². The molecular formula is C22H28N2O. The Morgan fingerprint density at radius 2 is 1.80 bits per heavy atom. The fourth-order valence-electron chi connectivity index (χ4n) is 3.55. The van der Waals surface area contributed by atoms with Gasteiger partial charge in [0.15, 0.2) is 0 Å². The molecule has 0 fully saturated rings. The van der Waals surface area contributed by atoms with Crippen molar-refractivity contribution < 1.29 is 5.11 Å². The number of nitriles is 1. The topological polar surface area (TPSA) is 56.9 Å². The number of hydrogen-bond donors (Lipinski definition) is 1. The van der Waals surface area contributed by atoms with Crippen LogP contribution >= 0.6 is 0 Å². The standard InChI is InChI=1S/C22H28N2O/c1-21(2,3)15-22(4,5)13-7-6-8-17-10-9-16-11-12-18(14-23)24-19(16)20(17)25/h7,9-13,25H,6,8,15H2,1-5H3. The van der Waals surface area contributed by atoms with Crippen LogP contribution in [-0.4, -0.2) is 10.1 Å². The van der Waals surface area contributed by atoms with Gasteiger partial charge in [-0.3, -0.25) is 0 Å². The molecule has 0 aliphatic heterocycles. The van der Waals surface area contributed by atoms with Gasteiger partial charge in [-0.2, -0.15) is 5.26 Å². The highest BCUT2D eigenvalue weighted by molar-refractivity contribution is 5.86. The summed E-state index contributed by atoms with van der Waals surface area (Å²) in [5.41, 5.74) is 2.16. The first kappa shape index (κ1) is 19.0. The average Bonchev–Trinajstić information content (AvgIpc) is 2.51. The third kappa shape index (κ3) is 5.32. The molecular weight excluding hydrogens is 308 g/mol. The minimum atomic E-state index is 0.160. The summed E-state index contributed by atoms with van der Waals surface area (Å²) in [5.74, 6) is 0.192. The summed E-state index contributed by atoms with van der Waals surface area (Å²) in [5, 5.41) is 20.3. The van der Waals surface area contributed by atoms with Gasteiger partial charge in [-0.15, -0.1) is 0 Å². The number of aromatic hydroxyl groups is 1. The Hall–Kier alpha value is -2.34. The molecule has 1 aromatic heterocycles. The molecule has 2 rings (SSSR count). The number of phenols is 1. The van der Waals surface area contributed by atoms with Crippen molar-refractivity contribution in [2.24, 2.45) is 10.8 Å². The van der Waals surface area contributed by atoms with Gasteiger partial charge in [0.1, 0.15) is 23.0 Å². The van der Waals surface area contributed by atoms with Crippen LogP contribution in [0.25, 0.3) is 10.9 Å². The number of benzene rings is 1. The first-order chi connectivity index (χ1) is 11.6. The summed E-state index contributed by atoms with van der Waals surface area (Å²) in [7, 11) is 0. The van der Waals surface area contributed by atoms with Gasteiger partial charge >= 0.3 is 0 Å². The Morgan fingerprint density at radius 3 is 2.44 bits per heavy atom. The SMILES string of the molecule is CC(C)(C)CC(C)(C)C=CCCc1ccc2ccc(C#N)nc2c1O. The van der Waals surface area contributed by atoms with Crippen molar-refractivity contribution in [3.8, 4) is 11.8 Å². The Labute approximate surface area is 151 Å². The van der Waals surface area contributed by atoms with Crippen LogP contribution in [0.1, 0.15) is 58.7 Å². The molecule has 25 heavy (non-hydrogen) atoms. The Kier molecular flexibility index (Phi) is 5.52. The fraction of sp³-hybridized carbons (Fsp3) is 0.455. The molecule has 0 saturated heterocycles. The maximum Gasteiger partial charge on any atom is 0.145 e. The van der Waals surface area contributed by atoms with Gasteiger partial charge in [-0.1, -0.05) is 58.9 Å². The smallest absolute Gasteiger partial charge is 0.145 e. The minimum absolute atomic E-state index is 0.160. The lowest BCUT2D eigenvalue weighted by molar-refractivity contribution is 0.262. The average molecular weight is 336 g/mol. The molecule has 0 aliphatic carbocycles. The number of hydrogen-bond acceptors (Lipinski definition) is 3. The summed E-state index contributed by atoms with van der Waals surface area (Å²) in [6.45, 7) is 11.3. The van der Waals surface area contributed by atoms with Crippen LogP contribution in [0, 0.1) is 22.2 Å². The van der Waals surface area contributed by atoms with Crippen LogP contribution in [-0.2, 0) is 6.42 Å². The van der Waals surface area contributed by atoms with Crippen molar-refractivity contribution in [2.75, 3.05) is 0 Å². The van der Waals surface area contributed by atoms with E-state index in [2.05, 4.69) is 51.8 Å². The van der Waals surface area contributed by atoms with Crippen molar-refractivity contribution in [1.29, 1.82) is 5.26 Å². The largest absolute Gasteiger partial charge is 0.505 e. The highest BCUT2D eigenvalue weighted by Crippen LogP contribution is 2.34. The quantitative estimate of drug-likeness (QED) is 0.706. The van der Waals surface area contributed by atoms with Gasteiger partial charge in [0.05, 0.1) is 0 Å². The summed E-state index contributed by atoms with van der Waals surface area (Å²) in [6, 6.07) is 9.40. The monoisotopic (exact) mass is 336 g/mol. The number of phenolic OH excluding ortho intramolecular Hbond substituents is 1. The second-order valence-corrected chi connectivity index (χ2v) is 8.62. The molecule has 0 atom stereocenters. The van der Waals surface area contributed by atoms with E-state index in [1.165, 1.54) is 0 Å². The Bertz CT molecular complexity index is 820. The summed E-state index contributed by atoms with van der Waals surface area (Å²) in [4.78, 5) is 4.23. The van der Waals surface area contributed by atoms with Gasteiger partial charge in [0.25, 0.3) is 0 Å². The zero-order valence-electron chi connectivity index (χ0n) is 15.9. The van der Waals surface area contributed by atoms with Crippen molar-refractivity contribution >= 4 is 10.9 Å². The number of aryl methyl sites for hydroxylation is 1. The van der Waals surface area contributed by atoms with Crippen molar-refractivity contribution in [3.63, 3.8) is 0 Å². The molecule has 0 amide bonds. The molecule has 132 valence electrons. The molecule has 0 saturated carbocycles. The molecule has 1 N–H and O–H groups in total.